The number of hydrogen-bond donors (Lipinski definition) is 1. The van der Waals surface area contributed by atoms with E-state index < -0.39 is 33.0 Å². The number of rotatable bonds is 4. The summed E-state index contributed by atoms with van der Waals surface area (Å²) in [6.07, 6.45) is -5.09. The Morgan fingerprint density at radius 1 is 1.35 bits per heavy atom. The minimum absolute atomic E-state index is 0.0182. The van der Waals surface area contributed by atoms with Crippen molar-refractivity contribution in [2.45, 2.75) is 18.2 Å². The summed E-state index contributed by atoms with van der Waals surface area (Å²) < 4.78 is 67.1. The maximum atomic E-state index is 12.1. The van der Waals surface area contributed by atoms with Crippen LogP contribution in [0.2, 0.25) is 0 Å². The maximum Gasteiger partial charge on any atom is 0.573 e. The molecule has 6 nitrogen and oxygen atoms in total. The Labute approximate surface area is 112 Å². The van der Waals surface area contributed by atoms with Crippen LogP contribution in [-0.2, 0) is 14.8 Å². The molecule has 0 fully saturated rings. The zero-order valence-electron chi connectivity index (χ0n) is 10.1. The Morgan fingerprint density at radius 2 is 1.95 bits per heavy atom. The molecule has 0 aliphatic heterocycles. The molecular weight excluding hydrogens is 303 g/mol. The molecule has 0 radical (unpaired) electrons. The molecule has 0 unspecified atom stereocenters. The topological polar surface area (TPSA) is 95.7 Å². The molecule has 1 aromatic rings. The molecule has 1 rings (SSSR count). The van der Waals surface area contributed by atoms with Crippen molar-refractivity contribution in [2.24, 2.45) is 5.14 Å². The quantitative estimate of drug-likeness (QED) is 0.848. The molecule has 1 aromatic carbocycles. The van der Waals surface area contributed by atoms with Gasteiger partial charge in [0.05, 0.1) is 12.2 Å². The van der Waals surface area contributed by atoms with Crippen molar-refractivity contribution < 1.29 is 35.9 Å². The second-order valence-corrected chi connectivity index (χ2v) is 5.00. The number of ether oxygens (including phenoxy) is 2. The molecule has 112 valence electrons. The SMILES string of the molecule is CCOC(=O)c1ccc(OC(F)(F)F)c(S(N)(=O)=O)c1. The number of primary sulfonamides is 1. The van der Waals surface area contributed by atoms with Crippen molar-refractivity contribution in [1.29, 1.82) is 0 Å². The van der Waals surface area contributed by atoms with Gasteiger partial charge in [0.2, 0.25) is 10.0 Å². The standard InChI is InChI=1S/C10H10F3NO5S/c1-2-18-9(15)6-3-4-7(19-10(11,12)13)8(5-6)20(14,16)17/h3-5H,2H2,1H3,(H2,14,16,17). The highest BCUT2D eigenvalue weighted by Crippen LogP contribution is 2.29. The molecule has 0 aliphatic carbocycles. The summed E-state index contributed by atoms with van der Waals surface area (Å²) in [4.78, 5) is 10.4. The molecule has 0 spiro atoms. The summed E-state index contributed by atoms with van der Waals surface area (Å²) in [6.45, 7) is 1.53. The number of benzene rings is 1. The fraction of sp³-hybridized carbons (Fsp3) is 0.300. The van der Waals surface area contributed by atoms with Gasteiger partial charge in [-0.2, -0.15) is 0 Å². The molecule has 20 heavy (non-hydrogen) atoms. The van der Waals surface area contributed by atoms with E-state index in [1.807, 2.05) is 0 Å². The highest BCUT2D eigenvalue weighted by atomic mass is 32.2. The first-order valence-electron chi connectivity index (χ1n) is 5.14. The van der Waals surface area contributed by atoms with E-state index in [0.29, 0.717) is 12.1 Å². The molecule has 0 bridgehead atoms. The van der Waals surface area contributed by atoms with Gasteiger partial charge < -0.3 is 9.47 Å². The molecule has 2 N–H and O–H groups in total. The van der Waals surface area contributed by atoms with Crippen molar-refractivity contribution in [3.05, 3.63) is 23.8 Å². The zero-order chi connectivity index (χ0) is 15.6. The van der Waals surface area contributed by atoms with Crippen LogP contribution in [0.1, 0.15) is 17.3 Å². The zero-order valence-corrected chi connectivity index (χ0v) is 10.9. The lowest BCUT2D eigenvalue weighted by Gasteiger charge is -2.13. The second kappa shape index (κ2) is 5.67. The van der Waals surface area contributed by atoms with Gasteiger partial charge in [-0.05, 0) is 25.1 Å². The lowest BCUT2D eigenvalue weighted by Crippen LogP contribution is -2.21. The van der Waals surface area contributed by atoms with Crippen LogP contribution in [0, 0.1) is 0 Å². The van der Waals surface area contributed by atoms with E-state index in [4.69, 9.17) is 5.14 Å². The molecule has 0 aliphatic rings. The minimum atomic E-state index is -5.09. The highest BCUT2D eigenvalue weighted by Gasteiger charge is 2.34. The van der Waals surface area contributed by atoms with E-state index in [2.05, 4.69) is 9.47 Å². The van der Waals surface area contributed by atoms with Crippen LogP contribution in [0.3, 0.4) is 0 Å². The molecule has 0 saturated heterocycles. The van der Waals surface area contributed by atoms with E-state index in [1.165, 1.54) is 6.92 Å². The number of esters is 1. The third kappa shape index (κ3) is 4.38. The Kier molecular flexibility index (Phi) is 4.61. The number of alkyl halides is 3. The largest absolute Gasteiger partial charge is 0.573 e. The number of hydrogen-bond acceptors (Lipinski definition) is 5. The first-order valence-corrected chi connectivity index (χ1v) is 6.69. The number of carbonyl (C=O) groups excluding carboxylic acids is 1. The van der Waals surface area contributed by atoms with Crippen molar-refractivity contribution in [3.8, 4) is 5.75 Å². The molecule has 0 heterocycles. The summed E-state index contributed by atoms with van der Waals surface area (Å²) in [6, 6.07) is 2.28. The van der Waals surface area contributed by atoms with Crippen molar-refractivity contribution in [3.63, 3.8) is 0 Å². The van der Waals surface area contributed by atoms with Gasteiger partial charge in [-0.25, -0.2) is 18.4 Å². The summed E-state index contributed by atoms with van der Waals surface area (Å²) in [5, 5.41) is 4.79. The second-order valence-electron chi connectivity index (χ2n) is 3.47. The number of nitrogens with two attached hydrogens (primary N) is 1. The average molecular weight is 313 g/mol. The molecule has 0 amide bonds. The van der Waals surface area contributed by atoms with Gasteiger partial charge in [0.15, 0.2) is 0 Å². The van der Waals surface area contributed by atoms with E-state index >= 15 is 0 Å². The summed E-state index contributed by atoms with van der Waals surface area (Å²) in [7, 11) is -4.51. The van der Waals surface area contributed by atoms with Crippen LogP contribution in [0.4, 0.5) is 13.2 Å². The Balaban J connectivity index is 3.32. The Morgan fingerprint density at radius 3 is 2.40 bits per heavy atom. The monoisotopic (exact) mass is 313 g/mol. The third-order valence-corrected chi connectivity index (χ3v) is 2.92. The molecular formula is C10H10F3NO5S. The van der Waals surface area contributed by atoms with Gasteiger partial charge in [0.1, 0.15) is 10.6 Å². The Hall–Kier alpha value is -1.81. The maximum absolute atomic E-state index is 12.1. The Bertz CT molecular complexity index is 612. The minimum Gasteiger partial charge on any atom is -0.462 e. The van der Waals surface area contributed by atoms with E-state index in [9.17, 15) is 26.4 Å². The van der Waals surface area contributed by atoms with Crippen LogP contribution in [0.15, 0.2) is 23.1 Å². The lowest BCUT2D eigenvalue weighted by molar-refractivity contribution is -0.275. The third-order valence-electron chi connectivity index (χ3n) is 1.99. The fourth-order valence-corrected chi connectivity index (χ4v) is 1.96. The first-order chi connectivity index (χ1) is 9.04. The van der Waals surface area contributed by atoms with Gasteiger partial charge in [-0.15, -0.1) is 13.2 Å². The average Bonchev–Trinajstić information content (AvgIpc) is 2.26. The van der Waals surface area contributed by atoms with Gasteiger partial charge in [-0.3, -0.25) is 0 Å². The predicted octanol–water partition coefficient (Wildman–Crippen LogP) is 1.41. The van der Waals surface area contributed by atoms with Crippen LogP contribution < -0.4 is 9.88 Å². The van der Waals surface area contributed by atoms with Crippen molar-refractivity contribution in [1.82, 2.24) is 0 Å². The number of sulfonamides is 1. The summed E-state index contributed by atoms with van der Waals surface area (Å²) in [5.41, 5.74) is -0.259. The van der Waals surface area contributed by atoms with Crippen LogP contribution in [0.5, 0.6) is 5.75 Å². The van der Waals surface area contributed by atoms with Crippen LogP contribution >= 0.6 is 0 Å². The summed E-state index contributed by atoms with van der Waals surface area (Å²) >= 11 is 0. The molecule has 0 saturated carbocycles. The smallest absolute Gasteiger partial charge is 0.462 e. The van der Waals surface area contributed by atoms with Crippen LogP contribution in [0.25, 0.3) is 0 Å². The van der Waals surface area contributed by atoms with E-state index in [0.717, 1.165) is 6.07 Å². The normalized spacial score (nSPS) is 12.1. The summed E-state index contributed by atoms with van der Waals surface area (Å²) in [5.74, 6) is -1.91. The van der Waals surface area contributed by atoms with Crippen LogP contribution in [-0.4, -0.2) is 27.4 Å². The predicted molar refractivity (Wildman–Crippen MR) is 60.5 cm³/mol. The molecule has 0 atom stereocenters. The van der Waals surface area contributed by atoms with E-state index in [-0.39, 0.29) is 12.2 Å². The fourth-order valence-electron chi connectivity index (χ4n) is 1.28. The number of halogens is 3. The first kappa shape index (κ1) is 16.2. The molecule has 0 aromatic heterocycles. The van der Waals surface area contributed by atoms with Gasteiger partial charge in [0, 0.05) is 0 Å². The lowest BCUT2D eigenvalue weighted by atomic mass is 10.2. The van der Waals surface area contributed by atoms with Gasteiger partial charge in [-0.1, -0.05) is 0 Å². The van der Waals surface area contributed by atoms with Crippen molar-refractivity contribution in [2.75, 3.05) is 6.61 Å². The van der Waals surface area contributed by atoms with E-state index in [1.54, 1.807) is 0 Å². The number of carbonyl (C=O) groups is 1. The van der Waals surface area contributed by atoms with Gasteiger partial charge in [0.25, 0.3) is 0 Å². The highest BCUT2D eigenvalue weighted by molar-refractivity contribution is 7.89. The molecule has 10 heteroatoms. The van der Waals surface area contributed by atoms with Crippen molar-refractivity contribution >= 4 is 16.0 Å². The van der Waals surface area contributed by atoms with Gasteiger partial charge >= 0.3 is 12.3 Å².